The molecule has 0 saturated carbocycles. The monoisotopic (exact) mass is 579 g/mol. The maximum atomic E-state index is 13.1. The number of carbonyl (C=O) groups excluding carboxylic acids is 2. The van der Waals surface area contributed by atoms with Crippen LogP contribution in [-0.4, -0.2) is 52.6 Å². The number of morpholine rings is 1. The molecular weight excluding hydrogens is 550 g/mol. The summed E-state index contributed by atoms with van der Waals surface area (Å²) in [6.07, 6.45) is 1.68. The number of anilines is 3. The second kappa shape index (κ2) is 11.6. The molecule has 212 valence electrons. The summed E-state index contributed by atoms with van der Waals surface area (Å²) in [7, 11) is 1.67. The minimum atomic E-state index is -0.293. The fraction of sp³-hybridized carbons (Fsp3) is 0.188. The number of carbonyl (C=O) groups is 2. The Morgan fingerprint density at radius 3 is 2.52 bits per heavy atom. The van der Waals surface area contributed by atoms with E-state index < -0.39 is 0 Å². The zero-order valence-electron chi connectivity index (χ0n) is 23.2. The Morgan fingerprint density at radius 1 is 0.976 bits per heavy atom. The van der Waals surface area contributed by atoms with E-state index in [1.54, 1.807) is 53.7 Å². The van der Waals surface area contributed by atoms with E-state index in [0.29, 0.717) is 54.5 Å². The molecule has 3 aromatic carbocycles. The fourth-order valence-corrected chi connectivity index (χ4v) is 5.72. The van der Waals surface area contributed by atoms with E-state index in [2.05, 4.69) is 15.6 Å². The predicted molar refractivity (Wildman–Crippen MR) is 166 cm³/mol. The van der Waals surface area contributed by atoms with Gasteiger partial charge in [0.1, 0.15) is 0 Å². The molecule has 2 N–H and O–H groups in total. The number of benzene rings is 3. The van der Waals surface area contributed by atoms with Crippen LogP contribution in [0.25, 0.3) is 21.3 Å². The van der Waals surface area contributed by atoms with E-state index in [1.165, 1.54) is 4.57 Å². The molecule has 0 radical (unpaired) electrons. The van der Waals surface area contributed by atoms with Crippen molar-refractivity contribution < 1.29 is 14.3 Å². The van der Waals surface area contributed by atoms with Crippen molar-refractivity contribution in [3.05, 3.63) is 105 Å². The molecule has 10 heteroatoms. The summed E-state index contributed by atoms with van der Waals surface area (Å²) in [5, 5.41) is 9.18. The van der Waals surface area contributed by atoms with E-state index >= 15 is 0 Å². The van der Waals surface area contributed by atoms with Crippen molar-refractivity contribution in [2.75, 3.05) is 36.9 Å². The first-order chi connectivity index (χ1) is 20.4. The topological polar surface area (TPSA) is 106 Å². The highest BCUT2D eigenvalue weighted by atomic mass is 32.1. The molecule has 42 heavy (non-hydrogen) atoms. The number of aryl methyl sites for hydroxylation is 1. The van der Waals surface area contributed by atoms with Gasteiger partial charge in [0.2, 0.25) is 0 Å². The third-order valence-corrected chi connectivity index (χ3v) is 8.23. The van der Waals surface area contributed by atoms with Crippen molar-refractivity contribution in [1.29, 1.82) is 0 Å². The Hall–Kier alpha value is -4.80. The highest BCUT2D eigenvalue weighted by Gasteiger charge is 2.19. The lowest BCUT2D eigenvalue weighted by Gasteiger charge is -2.26. The largest absolute Gasteiger partial charge is 0.378 e. The minimum Gasteiger partial charge on any atom is -0.378 e. The third kappa shape index (κ3) is 5.54. The van der Waals surface area contributed by atoms with Crippen LogP contribution in [0.3, 0.4) is 0 Å². The summed E-state index contributed by atoms with van der Waals surface area (Å²) in [6, 6.07) is 20.3. The van der Waals surface area contributed by atoms with E-state index in [0.717, 1.165) is 21.2 Å². The lowest BCUT2D eigenvalue weighted by molar-refractivity contribution is 0.0303. The molecule has 0 unspecified atom stereocenters. The predicted octanol–water partition coefficient (Wildman–Crippen LogP) is 5.44. The molecular formula is C32H29N5O4S. The van der Waals surface area contributed by atoms with Gasteiger partial charge in [-0.3, -0.25) is 14.4 Å². The molecule has 0 atom stereocenters. The quantitative estimate of drug-likeness (QED) is 0.278. The van der Waals surface area contributed by atoms with Crippen LogP contribution < -0.4 is 16.2 Å². The summed E-state index contributed by atoms with van der Waals surface area (Å²) in [5.41, 5.74) is 4.34. The van der Waals surface area contributed by atoms with E-state index in [9.17, 15) is 14.4 Å². The number of rotatable bonds is 6. The maximum Gasteiger partial charge on any atom is 0.293 e. The van der Waals surface area contributed by atoms with E-state index in [1.807, 2.05) is 54.8 Å². The van der Waals surface area contributed by atoms with Crippen molar-refractivity contribution in [3.63, 3.8) is 0 Å². The number of amides is 2. The van der Waals surface area contributed by atoms with Crippen molar-refractivity contribution in [2.24, 2.45) is 7.05 Å². The van der Waals surface area contributed by atoms with Crippen LogP contribution in [0.2, 0.25) is 0 Å². The highest BCUT2D eigenvalue weighted by Crippen LogP contribution is 2.29. The van der Waals surface area contributed by atoms with Crippen LogP contribution >= 0.6 is 11.3 Å². The van der Waals surface area contributed by atoms with E-state index in [4.69, 9.17) is 4.74 Å². The van der Waals surface area contributed by atoms with Gasteiger partial charge in [0.05, 0.1) is 18.9 Å². The first kappa shape index (κ1) is 27.4. The number of hydrogen-bond acceptors (Lipinski definition) is 7. The SMILES string of the molecule is Cc1c(NC(=O)c2ccc3sccc3c2)cccc1-c1cn(C)c(=O)c(Nc2ccc(C(=O)N3CCOCC3)cc2)n1. The minimum absolute atomic E-state index is 0.0460. The summed E-state index contributed by atoms with van der Waals surface area (Å²) < 4.78 is 7.94. The molecule has 9 nitrogen and oxygen atoms in total. The molecule has 0 bridgehead atoms. The molecule has 1 fully saturated rings. The lowest BCUT2D eigenvalue weighted by Crippen LogP contribution is -2.40. The zero-order valence-corrected chi connectivity index (χ0v) is 24.0. The molecule has 0 aliphatic carbocycles. The summed E-state index contributed by atoms with van der Waals surface area (Å²) in [4.78, 5) is 45.3. The van der Waals surface area contributed by atoms with Crippen LogP contribution in [0.15, 0.2) is 83.1 Å². The first-order valence-electron chi connectivity index (χ1n) is 13.6. The molecule has 2 aromatic heterocycles. The van der Waals surface area contributed by atoms with Gasteiger partial charge in [-0.2, -0.15) is 0 Å². The number of nitrogens with one attached hydrogen (secondary N) is 2. The number of nitrogens with zero attached hydrogens (tertiary/aromatic N) is 3. The smallest absolute Gasteiger partial charge is 0.293 e. The zero-order chi connectivity index (χ0) is 29.2. The average molecular weight is 580 g/mol. The van der Waals surface area contributed by atoms with Gasteiger partial charge in [-0.25, -0.2) is 4.98 Å². The molecule has 5 aromatic rings. The number of thiophene rings is 1. The van der Waals surface area contributed by atoms with Gasteiger partial charge >= 0.3 is 0 Å². The highest BCUT2D eigenvalue weighted by molar-refractivity contribution is 7.17. The molecule has 0 spiro atoms. The van der Waals surface area contributed by atoms with Gasteiger partial charge in [0.25, 0.3) is 17.4 Å². The number of hydrogen-bond donors (Lipinski definition) is 2. The second-order valence-electron chi connectivity index (χ2n) is 10.1. The Kier molecular flexibility index (Phi) is 7.56. The van der Waals surface area contributed by atoms with Gasteiger partial charge in [-0.1, -0.05) is 12.1 Å². The van der Waals surface area contributed by atoms with Gasteiger partial charge in [-0.05, 0) is 77.9 Å². The molecule has 1 aliphatic heterocycles. The molecule has 3 heterocycles. The number of ether oxygens (including phenoxy) is 1. The molecule has 1 aliphatic rings. The van der Waals surface area contributed by atoms with Crippen molar-refractivity contribution in [1.82, 2.24) is 14.5 Å². The van der Waals surface area contributed by atoms with Crippen LogP contribution in [0.5, 0.6) is 0 Å². The normalized spacial score (nSPS) is 13.2. The molecule has 6 rings (SSSR count). The van der Waals surface area contributed by atoms with Gasteiger partial charge in [-0.15, -0.1) is 11.3 Å². The van der Waals surface area contributed by atoms with Crippen LogP contribution in [0.4, 0.5) is 17.2 Å². The number of fused-ring (bicyclic) bond motifs is 1. The Bertz CT molecular complexity index is 1860. The van der Waals surface area contributed by atoms with Crippen LogP contribution in [-0.2, 0) is 11.8 Å². The molecule has 2 amide bonds. The lowest BCUT2D eigenvalue weighted by atomic mass is 10.0. The summed E-state index contributed by atoms with van der Waals surface area (Å²) >= 11 is 1.64. The summed E-state index contributed by atoms with van der Waals surface area (Å²) in [6.45, 7) is 4.13. The Morgan fingerprint density at radius 2 is 1.74 bits per heavy atom. The number of aromatic nitrogens is 2. The first-order valence-corrected chi connectivity index (χ1v) is 14.5. The van der Waals surface area contributed by atoms with Crippen molar-refractivity contribution in [3.8, 4) is 11.3 Å². The van der Waals surface area contributed by atoms with Crippen molar-refractivity contribution in [2.45, 2.75) is 6.92 Å². The van der Waals surface area contributed by atoms with Crippen molar-refractivity contribution >= 4 is 50.4 Å². The second-order valence-corrected chi connectivity index (χ2v) is 11.1. The van der Waals surface area contributed by atoms with Gasteiger partial charge in [0.15, 0.2) is 5.82 Å². The van der Waals surface area contributed by atoms with Gasteiger partial charge in [0, 0.05) is 59.1 Å². The van der Waals surface area contributed by atoms with Gasteiger partial charge < -0.3 is 24.8 Å². The van der Waals surface area contributed by atoms with Crippen LogP contribution in [0.1, 0.15) is 26.3 Å². The standard InChI is InChI=1S/C32H29N5O4S/c1-20-25(4-3-5-26(20)35-30(38)23-8-11-28-22(18-23)12-17-42-28)27-19-36(2)32(40)29(34-27)33-24-9-6-21(7-10-24)31(39)37-13-15-41-16-14-37/h3-12,17-19H,13-16H2,1-2H3,(H,33,34)(H,35,38). The average Bonchev–Trinajstić information content (AvgIpc) is 3.49. The van der Waals surface area contributed by atoms with E-state index in [-0.39, 0.29) is 23.2 Å². The molecule has 1 saturated heterocycles. The third-order valence-electron chi connectivity index (χ3n) is 7.34. The summed E-state index contributed by atoms with van der Waals surface area (Å²) in [5.74, 6) is -0.0924. The Labute approximate surface area is 246 Å². The maximum absolute atomic E-state index is 13.1. The van der Waals surface area contributed by atoms with Crippen LogP contribution in [0, 0.1) is 6.92 Å². The Balaban J connectivity index is 1.23. The fourth-order valence-electron chi connectivity index (χ4n) is 4.95.